The minimum atomic E-state index is -0.831. The van der Waals surface area contributed by atoms with Crippen LogP contribution in [0.15, 0.2) is 18.2 Å². The Labute approximate surface area is 198 Å². The van der Waals surface area contributed by atoms with Crippen molar-refractivity contribution in [2.75, 3.05) is 6.54 Å². The molecule has 0 spiro atoms. The fourth-order valence-electron chi connectivity index (χ4n) is 4.84. The van der Waals surface area contributed by atoms with E-state index in [1.54, 1.807) is 0 Å². The number of benzene rings is 1. The van der Waals surface area contributed by atoms with Crippen molar-refractivity contribution in [1.29, 1.82) is 5.26 Å². The van der Waals surface area contributed by atoms with Crippen molar-refractivity contribution in [2.45, 2.75) is 76.3 Å². The number of carbonyl (C=O) groups is 3. The van der Waals surface area contributed by atoms with Crippen LogP contribution in [-0.4, -0.2) is 36.3 Å². The molecule has 0 unspecified atom stereocenters. The molecule has 1 aromatic rings. The molecule has 1 saturated carbocycles. The van der Waals surface area contributed by atoms with Gasteiger partial charge in [0.15, 0.2) is 0 Å². The van der Waals surface area contributed by atoms with Gasteiger partial charge in [-0.1, -0.05) is 32.1 Å². The van der Waals surface area contributed by atoms with Gasteiger partial charge in [-0.3, -0.25) is 14.4 Å². The van der Waals surface area contributed by atoms with Gasteiger partial charge in [0.2, 0.25) is 17.7 Å². The predicted molar refractivity (Wildman–Crippen MR) is 121 cm³/mol. The Kier molecular flexibility index (Phi) is 9.37. The Hall–Kier alpha value is -3.02. The lowest BCUT2D eigenvalue weighted by Gasteiger charge is -2.27. The minimum Gasteiger partial charge on any atom is -0.356 e. The third kappa shape index (κ3) is 7.79. The molecule has 0 radical (unpaired) electrons. The lowest BCUT2D eigenvalue weighted by atomic mass is 9.84. The van der Waals surface area contributed by atoms with Gasteiger partial charge in [0.05, 0.1) is 6.07 Å². The lowest BCUT2D eigenvalue weighted by molar-refractivity contribution is -0.130. The largest absolute Gasteiger partial charge is 0.356 e. The fraction of sp³-hybridized carbons (Fsp3) is 0.600. The molecule has 7 nitrogen and oxygen atoms in total. The van der Waals surface area contributed by atoms with Gasteiger partial charge in [-0.2, -0.15) is 5.26 Å². The van der Waals surface area contributed by atoms with Gasteiger partial charge in [0.25, 0.3) is 0 Å². The normalized spacial score (nSPS) is 20.1. The molecule has 3 rings (SSSR count). The summed E-state index contributed by atoms with van der Waals surface area (Å²) in [4.78, 5) is 37.5. The number of amides is 3. The van der Waals surface area contributed by atoms with E-state index in [1.165, 1.54) is 12.1 Å². The summed E-state index contributed by atoms with van der Waals surface area (Å²) in [5.41, 5.74) is 0.361. The summed E-state index contributed by atoms with van der Waals surface area (Å²) in [6.45, 7) is 0.561. The van der Waals surface area contributed by atoms with Crippen LogP contribution < -0.4 is 16.0 Å². The van der Waals surface area contributed by atoms with Gasteiger partial charge in [0, 0.05) is 24.9 Å². The molecule has 1 aromatic carbocycles. The minimum absolute atomic E-state index is 0.0265. The van der Waals surface area contributed by atoms with E-state index in [0.29, 0.717) is 30.9 Å². The summed E-state index contributed by atoms with van der Waals surface area (Å²) in [5, 5.41) is 17.7. The molecule has 2 fully saturated rings. The summed E-state index contributed by atoms with van der Waals surface area (Å²) in [6.07, 6.45) is 6.69. The summed E-state index contributed by atoms with van der Waals surface area (Å²) in [6, 6.07) is 3.54. The molecule has 0 bridgehead atoms. The maximum absolute atomic E-state index is 13.4. The van der Waals surface area contributed by atoms with Gasteiger partial charge < -0.3 is 16.0 Å². The average molecular weight is 475 g/mol. The highest BCUT2D eigenvalue weighted by Crippen LogP contribution is 2.27. The van der Waals surface area contributed by atoms with E-state index in [0.717, 1.165) is 38.2 Å². The topological polar surface area (TPSA) is 111 Å². The van der Waals surface area contributed by atoms with Gasteiger partial charge in [-0.05, 0) is 49.3 Å². The number of carbonyl (C=O) groups excluding carboxylic acids is 3. The first kappa shape index (κ1) is 25.6. The highest BCUT2D eigenvalue weighted by molar-refractivity contribution is 5.88. The maximum atomic E-state index is 13.4. The second kappa shape index (κ2) is 12.4. The molecular weight excluding hydrogens is 442 g/mol. The number of nitrogens with one attached hydrogen (secondary N) is 3. The monoisotopic (exact) mass is 474 g/mol. The molecule has 1 heterocycles. The van der Waals surface area contributed by atoms with Crippen LogP contribution in [-0.2, 0) is 20.8 Å². The molecule has 3 N–H and O–H groups in total. The standard InChI is InChI=1S/C25H32F2N4O3/c26-19-10-17(11-20(27)14-19)6-7-23(32)31-22(12-16-4-2-1-3-5-16)25(34)30-21(15-28)13-18-8-9-29-24(18)33/h10-11,14,16,18,21-22H,1-9,12-13H2,(H,29,33)(H,30,34)(H,31,32)/t18-,21-,22-/m0/s1. The second-order valence-corrected chi connectivity index (χ2v) is 9.34. The van der Waals surface area contributed by atoms with E-state index in [4.69, 9.17) is 0 Å². The van der Waals surface area contributed by atoms with E-state index in [1.807, 2.05) is 0 Å². The molecular formula is C25H32F2N4O3. The van der Waals surface area contributed by atoms with Crippen molar-refractivity contribution in [3.63, 3.8) is 0 Å². The Bertz CT molecular complexity index is 907. The fourth-order valence-corrected chi connectivity index (χ4v) is 4.84. The molecule has 184 valence electrons. The number of nitrogens with zero attached hydrogens (tertiary/aromatic N) is 1. The van der Waals surface area contributed by atoms with Crippen molar-refractivity contribution in [3.8, 4) is 6.07 Å². The Balaban J connectivity index is 1.60. The van der Waals surface area contributed by atoms with Crippen LogP contribution in [0.5, 0.6) is 0 Å². The van der Waals surface area contributed by atoms with Gasteiger partial charge in [-0.25, -0.2) is 8.78 Å². The third-order valence-electron chi connectivity index (χ3n) is 6.66. The van der Waals surface area contributed by atoms with Gasteiger partial charge in [0.1, 0.15) is 23.7 Å². The molecule has 1 saturated heterocycles. The molecule has 34 heavy (non-hydrogen) atoms. The molecule has 3 amide bonds. The maximum Gasteiger partial charge on any atom is 0.243 e. The zero-order valence-corrected chi connectivity index (χ0v) is 19.2. The Morgan fingerprint density at radius 1 is 1.06 bits per heavy atom. The lowest BCUT2D eigenvalue weighted by Crippen LogP contribution is -2.50. The Morgan fingerprint density at radius 2 is 1.76 bits per heavy atom. The second-order valence-electron chi connectivity index (χ2n) is 9.34. The highest BCUT2D eigenvalue weighted by Gasteiger charge is 2.31. The van der Waals surface area contributed by atoms with E-state index >= 15 is 0 Å². The van der Waals surface area contributed by atoms with Crippen LogP contribution in [0.25, 0.3) is 0 Å². The van der Waals surface area contributed by atoms with Crippen LogP contribution in [0.2, 0.25) is 0 Å². The number of aryl methyl sites for hydroxylation is 1. The quantitative estimate of drug-likeness (QED) is 0.484. The first-order chi connectivity index (χ1) is 16.3. The zero-order valence-electron chi connectivity index (χ0n) is 19.2. The molecule has 3 atom stereocenters. The van der Waals surface area contributed by atoms with Crippen LogP contribution >= 0.6 is 0 Å². The number of hydrogen-bond acceptors (Lipinski definition) is 4. The SMILES string of the molecule is N#C[C@H](C[C@@H]1CCNC1=O)NC(=O)[C@H](CC1CCCCC1)NC(=O)CCc1cc(F)cc(F)c1. The first-order valence-electron chi connectivity index (χ1n) is 12.1. The first-order valence-corrected chi connectivity index (χ1v) is 12.1. The molecule has 1 aliphatic carbocycles. The molecule has 0 aromatic heterocycles. The van der Waals surface area contributed by atoms with Gasteiger partial charge >= 0.3 is 0 Å². The van der Waals surface area contributed by atoms with Crippen LogP contribution in [0, 0.1) is 34.8 Å². The Morgan fingerprint density at radius 3 is 2.38 bits per heavy atom. The number of rotatable bonds is 10. The van der Waals surface area contributed by atoms with E-state index < -0.39 is 35.5 Å². The van der Waals surface area contributed by atoms with Crippen molar-refractivity contribution in [1.82, 2.24) is 16.0 Å². The summed E-state index contributed by atoms with van der Waals surface area (Å²) in [5.74, 6) is -2.39. The molecule has 2 aliphatic rings. The average Bonchev–Trinajstić information content (AvgIpc) is 3.21. The van der Waals surface area contributed by atoms with Crippen LogP contribution in [0.3, 0.4) is 0 Å². The predicted octanol–water partition coefficient (Wildman–Crippen LogP) is 2.89. The number of halogens is 2. The van der Waals surface area contributed by atoms with Crippen molar-refractivity contribution in [2.24, 2.45) is 11.8 Å². The van der Waals surface area contributed by atoms with Crippen molar-refractivity contribution < 1.29 is 23.2 Å². The zero-order chi connectivity index (χ0) is 24.5. The number of hydrogen-bond donors (Lipinski definition) is 3. The van der Waals surface area contributed by atoms with Gasteiger partial charge in [-0.15, -0.1) is 0 Å². The summed E-state index contributed by atoms with van der Waals surface area (Å²) in [7, 11) is 0. The van der Waals surface area contributed by atoms with E-state index in [-0.39, 0.29) is 31.1 Å². The molecule has 1 aliphatic heterocycles. The van der Waals surface area contributed by atoms with E-state index in [2.05, 4.69) is 22.0 Å². The van der Waals surface area contributed by atoms with Crippen molar-refractivity contribution >= 4 is 17.7 Å². The summed E-state index contributed by atoms with van der Waals surface area (Å²) < 4.78 is 26.8. The highest BCUT2D eigenvalue weighted by atomic mass is 19.1. The smallest absolute Gasteiger partial charge is 0.243 e. The van der Waals surface area contributed by atoms with E-state index in [9.17, 15) is 28.4 Å². The molecule has 9 heteroatoms. The van der Waals surface area contributed by atoms with Crippen LogP contribution in [0.1, 0.15) is 63.4 Å². The number of nitriles is 1. The third-order valence-corrected chi connectivity index (χ3v) is 6.66. The van der Waals surface area contributed by atoms with Crippen LogP contribution in [0.4, 0.5) is 8.78 Å². The van der Waals surface area contributed by atoms with Crippen molar-refractivity contribution in [3.05, 3.63) is 35.4 Å². The summed E-state index contributed by atoms with van der Waals surface area (Å²) >= 11 is 0.